The molecule has 3 amide bonds. The Labute approximate surface area is 148 Å². The molecule has 1 aliphatic heterocycles. The van der Waals surface area contributed by atoms with E-state index in [4.69, 9.17) is 11.6 Å². The number of halogens is 1. The zero-order valence-electron chi connectivity index (χ0n) is 12.7. The van der Waals surface area contributed by atoms with Crippen LogP contribution in [0.2, 0.25) is 5.02 Å². The lowest BCUT2D eigenvalue weighted by atomic mass is 9.89. The molecule has 0 saturated carbocycles. The van der Waals surface area contributed by atoms with Crippen molar-refractivity contribution in [3.63, 3.8) is 0 Å². The standard InChI is InChI=1S/C17H15ClN2O3S/c1-17(15(22)19-16(23)20-17)14(21)12-4-2-3-5-13(12)24-11-8-6-10(18)7-9-11/h2-9,14,21H,1H3,(H2,19,20,22,23). The molecule has 0 spiro atoms. The number of hydrogen-bond donors (Lipinski definition) is 3. The van der Waals surface area contributed by atoms with E-state index in [2.05, 4.69) is 10.6 Å². The van der Waals surface area contributed by atoms with E-state index in [1.165, 1.54) is 18.7 Å². The third-order valence-electron chi connectivity index (χ3n) is 3.87. The molecular weight excluding hydrogens is 348 g/mol. The molecule has 24 heavy (non-hydrogen) atoms. The maximum Gasteiger partial charge on any atom is 0.322 e. The van der Waals surface area contributed by atoms with Gasteiger partial charge in [0.1, 0.15) is 11.6 Å². The number of nitrogens with one attached hydrogen (secondary N) is 2. The molecule has 1 heterocycles. The number of carbonyl (C=O) groups excluding carboxylic acids is 2. The molecule has 1 saturated heterocycles. The van der Waals surface area contributed by atoms with Crippen LogP contribution in [0.4, 0.5) is 4.79 Å². The lowest BCUT2D eigenvalue weighted by Crippen LogP contribution is -2.49. The number of benzene rings is 2. The highest BCUT2D eigenvalue weighted by atomic mass is 35.5. The van der Waals surface area contributed by atoms with E-state index in [-0.39, 0.29) is 0 Å². The van der Waals surface area contributed by atoms with E-state index >= 15 is 0 Å². The molecule has 5 nitrogen and oxygen atoms in total. The van der Waals surface area contributed by atoms with E-state index in [0.717, 1.165) is 9.79 Å². The van der Waals surface area contributed by atoms with Gasteiger partial charge >= 0.3 is 6.03 Å². The molecular formula is C17H15ClN2O3S. The molecule has 3 rings (SSSR count). The average molecular weight is 363 g/mol. The summed E-state index contributed by atoms with van der Waals surface area (Å²) in [6.07, 6.45) is -1.18. The number of rotatable bonds is 4. The molecule has 7 heteroatoms. The summed E-state index contributed by atoms with van der Waals surface area (Å²) < 4.78 is 0. The minimum Gasteiger partial charge on any atom is -0.385 e. The van der Waals surface area contributed by atoms with E-state index in [1.54, 1.807) is 24.3 Å². The lowest BCUT2D eigenvalue weighted by Gasteiger charge is -2.28. The van der Waals surface area contributed by atoms with Crippen molar-refractivity contribution in [2.24, 2.45) is 0 Å². The summed E-state index contributed by atoms with van der Waals surface area (Å²) in [7, 11) is 0. The van der Waals surface area contributed by atoms with Crippen LogP contribution in [-0.2, 0) is 4.79 Å². The van der Waals surface area contributed by atoms with Crippen molar-refractivity contribution in [2.75, 3.05) is 0 Å². The van der Waals surface area contributed by atoms with Gasteiger partial charge in [-0.05, 0) is 42.8 Å². The summed E-state index contributed by atoms with van der Waals surface area (Å²) in [6.45, 7) is 1.50. The highest BCUT2D eigenvalue weighted by molar-refractivity contribution is 7.99. The van der Waals surface area contributed by atoms with Gasteiger partial charge in [-0.2, -0.15) is 0 Å². The Balaban J connectivity index is 1.93. The van der Waals surface area contributed by atoms with Crippen LogP contribution >= 0.6 is 23.4 Å². The van der Waals surface area contributed by atoms with Gasteiger partial charge in [0.25, 0.3) is 5.91 Å². The fourth-order valence-electron chi connectivity index (χ4n) is 2.49. The Bertz CT molecular complexity index is 797. The Hall–Kier alpha value is -2.02. The minimum atomic E-state index is -1.41. The van der Waals surface area contributed by atoms with Gasteiger partial charge in [-0.3, -0.25) is 10.1 Å². The van der Waals surface area contributed by atoms with Gasteiger partial charge in [-0.15, -0.1) is 0 Å². The number of imide groups is 1. The van der Waals surface area contributed by atoms with Crippen molar-refractivity contribution in [2.45, 2.75) is 28.4 Å². The number of aliphatic hydroxyl groups is 1. The zero-order chi connectivity index (χ0) is 17.3. The third kappa shape index (κ3) is 3.13. The third-order valence-corrected chi connectivity index (χ3v) is 5.23. The van der Waals surface area contributed by atoms with Gasteiger partial charge in [0.05, 0.1) is 0 Å². The van der Waals surface area contributed by atoms with Crippen molar-refractivity contribution in [1.29, 1.82) is 0 Å². The SMILES string of the molecule is CC1(C(O)c2ccccc2Sc2ccc(Cl)cc2)NC(=O)NC1=O. The molecule has 124 valence electrons. The monoisotopic (exact) mass is 362 g/mol. The summed E-state index contributed by atoms with van der Waals surface area (Å²) in [5.41, 5.74) is -0.842. The van der Waals surface area contributed by atoms with Crippen LogP contribution in [0.25, 0.3) is 0 Å². The predicted octanol–water partition coefficient (Wildman–Crippen LogP) is 3.12. The van der Waals surface area contributed by atoms with Gasteiger partial charge in [-0.1, -0.05) is 41.6 Å². The van der Waals surface area contributed by atoms with Gasteiger partial charge in [0.15, 0.2) is 0 Å². The number of hydrogen-bond acceptors (Lipinski definition) is 4. The van der Waals surface area contributed by atoms with Crippen molar-refractivity contribution >= 4 is 35.3 Å². The smallest absolute Gasteiger partial charge is 0.322 e. The highest BCUT2D eigenvalue weighted by Crippen LogP contribution is 2.38. The van der Waals surface area contributed by atoms with Crippen LogP contribution in [0.5, 0.6) is 0 Å². The Morgan fingerprint density at radius 2 is 1.79 bits per heavy atom. The Morgan fingerprint density at radius 3 is 2.42 bits per heavy atom. The Kier molecular flexibility index (Phi) is 4.54. The fourth-order valence-corrected chi connectivity index (χ4v) is 3.59. The topological polar surface area (TPSA) is 78.4 Å². The molecule has 1 aliphatic rings. The van der Waals surface area contributed by atoms with E-state index in [0.29, 0.717) is 10.6 Å². The molecule has 2 aromatic rings. The molecule has 0 aliphatic carbocycles. The number of urea groups is 1. The molecule has 2 atom stereocenters. The van der Waals surface area contributed by atoms with Crippen LogP contribution in [-0.4, -0.2) is 22.6 Å². The molecule has 0 radical (unpaired) electrons. The quantitative estimate of drug-likeness (QED) is 0.730. The summed E-state index contributed by atoms with van der Waals surface area (Å²) in [6, 6.07) is 14.0. The summed E-state index contributed by atoms with van der Waals surface area (Å²) in [4.78, 5) is 25.2. The average Bonchev–Trinajstić information content (AvgIpc) is 2.83. The second-order valence-corrected chi connectivity index (χ2v) is 7.16. The van der Waals surface area contributed by atoms with E-state index in [9.17, 15) is 14.7 Å². The maximum absolute atomic E-state index is 12.1. The largest absolute Gasteiger partial charge is 0.385 e. The molecule has 1 fully saturated rings. The normalized spacial score (nSPS) is 21.3. The molecule has 0 aromatic heterocycles. The van der Waals surface area contributed by atoms with Gasteiger partial charge < -0.3 is 10.4 Å². The van der Waals surface area contributed by atoms with Crippen LogP contribution in [0.1, 0.15) is 18.6 Å². The summed E-state index contributed by atoms with van der Waals surface area (Å²) in [5, 5.41) is 16.1. The molecule has 0 bridgehead atoms. The number of carbonyl (C=O) groups is 2. The van der Waals surface area contributed by atoms with Crippen LogP contribution in [0.3, 0.4) is 0 Å². The summed E-state index contributed by atoms with van der Waals surface area (Å²) >= 11 is 7.34. The van der Waals surface area contributed by atoms with Gasteiger partial charge in [-0.25, -0.2) is 4.79 Å². The molecule has 2 aromatic carbocycles. The van der Waals surface area contributed by atoms with Crippen molar-refractivity contribution in [3.8, 4) is 0 Å². The first-order valence-electron chi connectivity index (χ1n) is 7.24. The maximum atomic E-state index is 12.1. The van der Waals surface area contributed by atoms with Crippen LogP contribution in [0, 0.1) is 0 Å². The van der Waals surface area contributed by atoms with Crippen LogP contribution < -0.4 is 10.6 Å². The second kappa shape index (κ2) is 6.47. The Morgan fingerprint density at radius 1 is 1.12 bits per heavy atom. The fraction of sp³-hybridized carbons (Fsp3) is 0.176. The van der Waals surface area contributed by atoms with E-state index in [1.807, 2.05) is 24.3 Å². The minimum absolute atomic E-state index is 0.550. The molecule has 3 N–H and O–H groups in total. The van der Waals surface area contributed by atoms with Gasteiger partial charge in [0.2, 0.25) is 0 Å². The van der Waals surface area contributed by atoms with Crippen LogP contribution in [0.15, 0.2) is 58.3 Å². The first kappa shape index (κ1) is 16.8. The second-order valence-electron chi connectivity index (χ2n) is 5.61. The first-order chi connectivity index (χ1) is 11.4. The number of aliphatic hydroxyl groups excluding tert-OH is 1. The van der Waals surface area contributed by atoms with Crippen molar-refractivity contribution < 1.29 is 14.7 Å². The first-order valence-corrected chi connectivity index (χ1v) is 8.43. The zero-order valence-corrected chi connectivity index (χ0v) is 14.3. The van der Waals surface area contributed by atoms with Crippen molar-refractivity contribution in [1.82, 2.24) is 10.6 Å². The van der Waals surface area contributed by atoms with Crippen molar-refractivity contribution in [3.05, 3.63) is 59.1 Å². The summed E-state index contributed by atoms with van der Waals surface area (Å²) in [5.74, 6) is -0.550. The predicted molar refractivity (Wildman–Crippen MR) is 92.1 cm³/mol. The highest BCUT2D eigenvalue weighted by Gasteiger charge is 2.48. The number of amides is 3. The van der Waals surface area contributed by atoms with Gasteiger partial charge in [0, 0.05) is 14.8 Å². The molecule has 2 unspecified atom stereocenters. The van der Waals surface area contributed by atoms with E-state index < -0.39 is 23.6 Å². The lowest BCUT2D eigenvalue weighted by molar-refractivity contribution is -0.127.